The lowest BCUT2D eigenvalue weighted by molar-refractivity contribution is 0.536. The van der Waals surface area contributed by atoms with Gasteiger partial charge in [0.05, 0.1) is 0 Å². The minimum Gasteiger partial charge on any atom is -0.0885 e. The molecule has 0 N–H and O–H groups in total. The van der Waals surface area contributed by atoms with Gasteiger partial charge in [0.15, 0.2) is 0 Å². The second-order valence-corrected chi connectivity index (χ2v) is 6.14. The van der Waals surface area contributed by atoms with Crippen LogP contribution in [0.3, 0.4) is 0 Å². The Morgan fingerprint density at radius 1 is 0.550 bits per heavy atom. The van der Waals surface area contributed by atoms with Crippen LogP contribution in [0.5, 0.6) is 0 Å². The van der Waals surface area contributed by atoms with Gasteiger partial charge in [-0.25, -0.2) is 0 Å². The second-order valence-electron chi connectivity index (χ2n) is 6.14. The molecule has 0 nitrogen and oxygen atoms in total. The number of unbranched alkanes of at least 4 members (excludes halogenated alkanes) is 14. The normalized spacial score (nSPS) is 11.5. The Morgan fingerprint density at radius 3 is 1.35 bits per heavy atom. The van der Waals surface area contributed by atoms with Crippen molar-refractivity contribution >= 4 is 0 Å². The van der Waals surface area contributed by atoms with Crippen molar-refractivity contribution in [3.05, 3.63) is 19.1 Å². The Balaban J connectivity index is 2.94. The second kappa shape index (κ2) is 18.7. The van der Waals surface area contributed by atoms with Gasteiger partial charge >= 0.3 is 0 Å². The largest absolute Gasteiger partial charge is 0.0885 e. The van der Waals surface area contributed by atoms with Gasteiger partial charge in [0.1, 0.15) is 0 Å². The summed E-state index contributed by atoms with van der Waals surface area (Å²) in [7, 11) is 0. The molecule has 0 aromatic rings. The lowest BCUT2D eigenvalue weighted by Crippen LogP contribution is -1.83. The molecule has 0 unspecified atom stereocenters. The number of hydrogen-bond donors (Lipinski definition) is 0. The smallest absolute Gasteiger partial charge is 0.0351 e. The number of allylic oxidation sites excluding steroid dienone is 2. The van der Waals surface area contributed by atoms with E-state index in [1.54, 1.807) is 0 Å². The van der Waals surface area contributed by atoms with Crippen LogP contribution < -0.4 is 0 Å². The van der Waals surface area contributed by atoms with E-state index in [0.29, 0.717) is 0 Å². The summed E-state index contributed by atoms with van der Waals surface area (Å²) in [4.78, 5) is 0. The molecule has 0 fully saturated rings. The lowest BCUT2D eigenvalue weighted by atomic mass is 10.0. The molecular formula is C20H39. The highest BCUT2D eigenvalue weighted by Gasteiger charge is 1.93. The van der Waals surface area contributed by atoms with Gasteiger partial charge in [0.2, 0.25) is 0 Å². The Kier molecular flexibility index (Phi) is 18.5. The molecule has 20 heavy (non-hydrogen) atoms. The molecule has 0 aliphatic heterocycles. The Morgan fingerprint density at radius 2 is 0.950 bits per heavy atom. The summed E-state index contributed by atoms with van der Waals surface area (Å²) in [6.07, 6.45) is 26.9. The Hall–Kier alpha value is -0.260. The molecule has 0 amide bonds. The molecule has 0 aromatic carbocycles. The summed E-state index contributed by atoms with van der Waals surface area (Å²) in [5.41, 5.74) is 0. The van der Waals surface area contributed by atoms with E-state index in [0.717, 1.165) is 6.42 Å². The summed E-state index contributed by atoms with van der Waals surface area (Å²) < 4.78 is 0. The average Bonchev–Trinajstić information content (AvgIpc) is 2.47. The zero-order valence-corrected chi connectivity index (χ0v) is 14.2. The summed E-state index contributed by atoms with van der Waals surface area (Å²) in [6, 6.07) is 0. The maximum absolute atomic E-state index is 3.81. The van der Waals surface area contributed by atoms with Crippen LogP contribution in [-0.4, -0.2) is 0 Å². The van der Waals surface area contributed by atoms with E-state index in [2.05, 4.69) is 26.0 Å². The molecule has 0 heterocycles. The van der Waals surface area contributed by atoms with E-state index >= 15 is 0 Å². The van der Waals surface area contributed by atoms with Gasteiger partial charge in [-0.2, -0.15) is 0 Å². The topological polar surface area (TPSA) is 0 Å². The first-order valence-corrected chi connectivity index (χ1v) is 9.36. The molecule has 0 atom stereocenters. The van der Waals surface area contributed by atoms with Crippen molar-refractivity contribution in [1.29, 1.82) is 0 Å². The third kappa shape index (κ3) is 17.7. The molecule has 0 aliphatic rings. The van der Waals surface area contributed by atoms with Gasteiger partial charge in [-0.05, 0) is 26.2 Å². The van der Waals surface area contributed by atoms with Crippen LogP contribution in [0.25, 0.3) is 0 Å². The molecule has 0 rings (SSSR count). The predicted octanol–water partition coefficient (Wildman–Crippen LogP) is 7.64. The van der Waals surface area contributed by atoms with E-state index in [9.17, 15) is 0 Å². The molecule has 0 aliphatic carbocycles. The molecule has 119 valence electrons. The number of rotatable bonds is 16. The van der Waals surface area contributed by atoms with Gasteiger partial charge in [-0.15, -0.1) is 0 Å². The van der Waals surface area contributed by atoms with Crippen molar-refractivity contribution in [3.63, 3.8) is 0 Å². The van der Waals surface area contributed by atoms with Crippen LogP contribution in [-0.2, 0) is 0 Å². The van der Waals surface area contributed by atoms with Crippen LogP contribution in [0.4, 0.5) is 0 Å². The van der Waals surface area contributed by atoms with Crippen molar-refractivity contribution in [2.45, 2.75) is 110 Å². The summed E-state index contributed by atoms with van der Waals surface area (Å²) in [5.74, 6) is 0. The molecular weight excluding hydrogens is 240 g/mol. The molecule has 1 radical (unpaired) electrons. The van der Waals surface area contributed by atoms with E-state index < -0.39 is 0 Å². The summed E-state index contributed by atoms with van der Waals surface area (Å²) in [5, 5.41) is 0. The molecule has 0 bridgehead atoms. The predicted molar refractivity (Wildman–Crippen MR) is 94.0 cm³/mol. The third-order valence-corrected chi connectivity index (χ3v) is 4.06. The molecule has 0 saturated carbocycles. The minimum absolute atomic E-state index is 0.943. The molecule has 0 saturated heterocycles. The van der Waals surface area contributed by atoms with E-state index in [-0.39, 0.29) is 0 Å². The van der Waals surface area contributed by atoms with Crippen LogP contribution in [0.15, 0.2) is 12.2 Å². The van der Waals surface area contributed by atoms with Crippen molar-refractivity contribution in [1.82, 2.24) is 0 Å². The zero-order chi connectivity index (χ0) is 14.7. The van der Waals surface area contributed by atoms with Crippen molar-refractivity contribution < 1.29 is 0 Å². The summed E-state index contributed by atoms with van der Waals surface area (Å²) in [6.45, 7) is 6.10. The Bertz CT molecular complexity index is 180. The fraction of sp³-hybridized carbons (Fsp3) is 0.850. The van der Waals surface area contributed by atoms with Crippen molar-refractivity contribution in [2.24, 2.45) is 0 Å². The van der Waals surface area contributed by atoms with Crippen LogP contribution in [0.2, 0.25) is 0 Å². The van der Waals surface area contributed by atoms with Crippen LogP contribution >= 0.6 is 0 Å². The lowest BCUT2D eigenvalue weighted by Gasteiger charge is -2.02. The van der Waals surface area contributed by atoms with Gasteiger partial charge in [0.25, 0.3) is 0 Å². The molecule has 0 aromatic heterocycles. The van der Waals surface area contributed by atoms with Crippen LogP contribution in [0, 0.1) is 6.92 Å². The highest BCUT2D eigenvalue weighted by Crippen LogP contribution is 2.13. The third-order valence-electron chi connectivity index (χ3n) is 4.06. The first-order chi connectivity index (χ1) is 9.91. The monoisotopic (exact) mass is 279 g/mol. The van der Waals surface area contributed by atoms with Gasteiger partial charge in [0, 0.05) is 0 Å². The minimum atomic E-state index is 0.943. The summed E-state index contributed by atoms with van der Waals surface area (Å²) >= 11 is 0. The van der Waals surface area contributed by atoms with Crippen molar-refractivity contribution in [3.8, 4) is 0 Å². The highest BCUT2D eigenvalue weighted by atomic mass is 14.0. The molecule has 0 heteroatoms. The average molecular weight is 280 g/mol. The van der Waals surface area contributed by atoms with Gasteiger partial charge in [-0.1, -0.05) is 103 Å². The zero-order valence-electron chi connectivity index (χ0n) is 14.2. The SMILES string of the molecule is [CH2]CC=CCCCCCCCCCCCCCCCC. The van der Waals surface area contributed by atoms with E-state index in [1.807, 2.05) is 0 Å². The van der Waals surface area contributed by atoms with E-state index in [4.69, 9.17) is 0 Å². The standard InChI is InChI=1S/C20H39/c1-3-5-7-9-11-13-15-17-19-20-18-16-14-12-10-8-6-4-2/h5,7H,1,3-4,6,8-20H2,2H3. The highest BCUT2D eigenvalue weighted by molar-refractivity contribution is 4.81. The van der Waals surface area contributed by atoms with Crippen LogP contribution in [0.1, 0.15) is 110 Å². The van der Waals surface area contributed by atoms with Gasteiger partial charge in [-0.3, -0.25) is 0 Å². The fourth-order valence-corrected chi connectivity index (χ4v) is 2.69. The first-order valence-electron chi connectivity index (χ1n) is 9.36. The quantitative estimate of drug-likeness (QED) is 0.201. The van der Waals surface area contributed by atoms with Gasteiger partial charge < -0.3 is 0 Å². The van der Waals surface area contributed by atoms with Crippen molar-refractivity contribution in [2.75, 3.05) is 0 Å². The molecule has 0 spiro atoms. The number of hydrogen-bond acceptors (Lipinski definition) is 0. The first kappa shape index (κ1) is 19.7. The fourth-order valence-electron chi connectivity index (χ4n) is 2.69. The maximum Gasteiger partial charge on any atom is -0.0351 e. The maximum atomic E-state index is 3.81. The Labute approximate surface area is 129 Å². The van der Waals surface area contributed by atoms with E-state index in [1.165, 1.54) is 96.3 Å².